The SMILES string of the molecule is CNC(=O)c1nn(CC(=O)NC2CCCCC2)c(=O)c2ccccc12. The molecule has 1 aliphatic carbocycles. The second-order valence-electron chi connectivity index (χ2n) is 6.34. The zero-order valence-corrected chi connectivity index (χ0v) is 14.2. The van der Waals surface area contributed by atoms with E-state index in [2.05, 4.69) is 15.7 Å². The van der Waals surface area contributed by atoms with Crippen LogP contribution in [0.15, 0.2) is 29.1 Å². The lowest BCUT2D eigenvalue weighted by Gasteiger charge is -2.22. The van der Waals surface area contributed by atoms with Gasteiger partial charge in [-0.25, -0.2) is 4.68 Å². The van der Waals surface area contributed by atoms with Crippen molar-refractivity contribution < 1.29 is 9.59 Å². The van der Waals surface area contributed by atoms with Gasteiger partial charge in [-0.05, 0) is 18.9 Å². The second kappa shape index (κ2) is 7.46. The van der Waals surface area contributed by atoms with Crippen LogP contribution in [0, 0.1) is 0 Å². The molecule has 2 aromatic rings. The lowest BCUT2D eigenvalue weighted by atomic mass is 9.95. The van der Waals surface area contributed by atoms with Crippen molar-refractivity contribution in [3.8, 4) is 0 Å². The van der Waals surface area contributed by atoms with E-state index in [1.165, 1.54) is 13.5 Å². The van der Waals surface area contributed by atoms with E-state index in [0.717, 1.165) is 30.4 Å². The molecule has 7 heteroatoms. The fraction of sp³-hybridized carbons (Fsp3) is 0.444. The molecule has 3 rings (SSSR count). The van der Waals surface area contributed by atoms with Crippen molar-refractivity contribution in [1.29, 1.82) is 0 Å². The molecular weight excluding hydrogens is 320 g/mol. The molecule has 25 heavy (non-hydrogen) atoms. The maximum absolute atomic E-state index is 12.6. The van der Waals surface area contributed by atoms with Crippen LogP contribution in [-0.2, 0) is 11.3 Å². The zero-order chi connectivity index (χ0) is 17.8. The highest BCUT2D eigenvalue weighted by molar-refractivity contribution is 6.04. The van der Waals surface area contributed by atoms with Crippen LogP contribution in [0.1, 0.15) is 42.6 Å². The van der Waals surface area contributed by atoms with Gasteiger partial charge in [0.1, 0.15) is 6.54 Å². The first-order valence-electron chi connectivity index (χ1n) is 8.61. The molecule has 0 atom stereocenters. The quantitative estimate of drug-likeness (QED) is 0.873. The Morgan fingerprint density at radius 1 is 1.16 bits per heavy atom. The van der Waals surface area contributed by atoms with E-state index in [-0.39, 0.29) is 29.7 Å². The number of nitrogens with zero attached hydrogens (tertiary/aromatic N) is 2. The number of hydrogen-bond acceptors (Lipinski definition) is 4. The highest BCUT2D eigenvalue weighted by Gasteiger charge is 2.19. The van der Waals surface area contributed by atoms with Gasteiger partial charge in [0.15, 0.2) is 5.69 Å². The Hall–Kier alpha value is -2.70. The third kappa shape index (κ3) is 3.70. The van der Waals surface area contributed by atoms with Gasteiger partial charge < -0.3 is 10.6 Å². The summed E-state index contributed by atoms with van der Waals surface area (Å²) in [7, 11) is 1.50. The molecule has 1 heterocycles. The van der Waals surface area contributed by atoms with Crippen LogP contribution in [0.4, 0.5) is 0 Å². The number of carbonyl (C=O) groups excluding carboxylic acids is 2. The second-order valence-corrected chi connectivity index (χ2v) is 6.34. The summed E-state index contributed by atoms with van der Waals surface area (Å²) in [6.45, 7) is -0.190. The summed E-state index contributed by atoms with van der Waals surface area (Å²) in [6, 6.07) is 6.96. The third-order valence-electron chi connectivity index (χ3n) is 4.57. The predicted octanol–water partition coefficient (Wildman–Crippen LogP) is 1.20. The summed E-state index contributed by atoms with van der Waals surface area (Å²) < 4.78 is 1.07. The molecule has 0 spiro atoms. The topological polar surface area (TPSA) is 93.1 Å². The summed E-state index contributed by atoms with van der Waals surface area (Å²) >= 11 is 0. The molecule has 2 N–H and O–H groups in total. The van der Waals surface area contributed by atoms with E-state index in [1.54, 1.807) is 24.3 Å². The Morgan fingerprint density at radius 2 is 1.84 bits per heavy atom. The van der Waals surface area contributed by atoms with Crippen LogP contribution in [0.25, 0.3) is 10.8 Å². The van der Waals surface area contributed by atoms with E-state index >= 15 is 0 Å². The number of carbonyl (C=O) groups is 2. The lowest BCUT2D eigenvalue weighted by molar-refractivity contribution is -0.122. The summed E-state index contributed by atoms with van der Waals surface area (Å²) in [5.41, 5.74) is -0.231. The Morgan fingerprint density at radius 3 is 2.52 bits per heavy atom. The van der Waals surface area contributed by atoms with Crippen LogP contribution < -0.4 is 16.2 Å². The summed E-state index contributed by atoms with van der Waals surface area (Å²) in [4.78, 5) is 37.0. The molecule has 132 valence electrons. The average Bonchev–Trinajstić information content (AvgIpc) is 2.64. The van der Waals surface area contributed by atoms with E-state index in [1.807, 2.05) is 0 Å². The Bertz CT molecular complexity index is 853. The molecule has 0 saturated heterocycles. The van der Waals surface area contributed by atoms with Gasteiger partial charge in [-0.2, -0.15) is 5.10 Å². The molecule has 1 saturated carbocycles. The molecule has 1 aromatic heterocycles. The van der Waals surface area contributed by atoms with Crippen molar-refractivity contribution >= 4 is 22.6 Å². The van der Waals surface area contributed by atoms with Crippen molar-refractivity contribution in [2.24, 2.45) is 0 Å². The molecule has 2 amide bonds. The molecule has 7 nitrogen and oxygen atoms in total. The van der Waals surface area contributed by atoms with Gasteiger partial charge in [0.25, 0.3) is 11.5 Å². The normalized spacial score (nSPS) is 15.1. The van der Waals surface area contributed by atoms with E-state index in [0.29, 0.717) is 10.8 Å². The first kappa shape index (κ1) is 17.1. The van der Waals surface area contributed by atoms with Crippen molar-refractivity contribution in [2.75, 3.05) is 7.05 Å². The minimum absolute atomic E-state index is 0.142. The summed E-state index contributed by atoms with van der Waals surface area (Å²) in [5.74, 6) is -0.641. The molecule has 0 bridgehead atoms. The van der Waals surface area contributed by atoms with Crippen LogP contribution in [-0.4, -0.2) is 34.7 Å². The average molecular weight is 342 g/mol. The Labute approximate surface area is 145 Å². The van der Waals surface area contributed by atoms with Crippen molar-refractivity contribution in [3.63, 3.8) is 0 Å². The fourth-order valence-corrected chi connectivity index (χ4v) is 3.28. The highest BCUT2D eigenvalue weighted by Crippen LogP contribution is 2.17. The van der Waals surface area contributed by atoms with Crippen LogP contribution in [0.5, 0.6) is 0 Å². The number of benzene rings is 1. The third-order valence-corrected chi connectivity index (χ3v) is 4.57. The molecule has 1 fully saturated rings. The molecule has 0 aliphatic heterocycles. The minimum atomic E-state index is -0.391. The van der Waals surface area contributed by atoms with Crippen molar-refractivity contribution in [2.45, 2.75) is 44.7 Å². The number of hydrogen-bond donors (Lipinski definition) is 2. The monoisotopic (exact) mass is 342 g/mol. The first-order chi connectivity index (χ1) is 12.1. The van der Waals surface area contributed by atoms with E-state index in [9.17, 15) is 14.4 Å². The first-order valence-corrected chi connectivity index (χ1v) is 8.61. The number of nitrogens with one attached hydrogen (secondary N) is 2. The van der Waals surface area contributed by atoms with Crippen LogP contribution in [0.3, 0.4) is 0 Å². The molecule has 0 radical (unpaired) electrons. The molecule has 1 aromatic carbocycles. The standard InChI is InChI=1S/C18H22N4O3/c1-19-17(24)16-13-9-5-6-10-14(13)18(25)22(21-16)11-15(23)20-12-7-3-2-4-8-12/h5-6,9-10,12H,2-4,7-8,11H2,1H3,(H,19,24)(H,20,23). The number of amides is 2. The number of aromatic nitrogens is 2. The van der Waals surface area contributed by atoms with Gasteiger partial charge in [0.05, 0.1) is 5.39 Å². The summed E-state index contributed by atoms with van der Waals surface area (Å²) in [5, 5.41) is 10.5. The van der Waals surface area contributed by atoms with Gasteiger partial charge in [-0.3, -0.25) is 14.4 Å². The van der Waals surface area contributed by atoms with Crippen molar-refractivity contribution in [1.82, 2.24) is 20.4 Å². The van der Waals surface area contributed by atoms with Gasteiger partial charge in [-0.1, -0.05) is 37.5 Å². The largest absolute Gasteiger partial charge is 0.354 e. The molecule has 1 aliphatic rings. The maximum Gasteiger partial charge on any atom is 0.275 e. The number of fused-ring (bicyclic) bond motifs is 1. The van der Waals surface area contributed by atoms with Crippen LogP contribution >= 0.6 is 0 Å². The molecule has 0 unspecified atom stereocenters. The number of rotatable bonds is 4. The minimum Gasteiger partial charge on any atom is -0.354 e. The van der Waals surface area contributed by atoms with Crippen molar-refractivity contribution in [3.05, 3.63) is 40.3 Å². The lowest BCUT2D eigenvalue weighted by Crippen LogP contribution is -2.41. The highest BCUT2D eigenvalue weighted by atomic mass is 16.2. The van der Waals surface area contributed by atoms with Gasteiger partial charge in [0, 0.05) is 18.5 Å². The van der Waals surface area contributed by atoms with Gasteiger partial charge >= 0.3 is 0 Å². The van der Waals surface area contributed by atoms with E-state index in [4.69, 9.17) is 0 Å². The Kier molecular flexibility index (Phi) is 5.11. The van der Waals surface area contributed by atoms with Gasteiger partial charge in [0.2, 0.25) is 5.91 Å². The fourth-order valence-electron chi connectivity index (χ4n) is 3.28. The summed E-state index contributed by atoms with van der Waals surface area (Å²) in [6.07, 6.45) is 5.36. The molecular formula is C18H22N4O3. The van der Waals surface area contributed by atoms with E-state index < -0.39 is 5.91 Å². The van der Waals surface area contributed by atoms with Gasteiger partial charge in [-0.15, -0.1) is 0 Å². The Balaban J connectivity index is 1.90. The zero-order valence-electron chi connectivity index (χ0n) is 14.2. The smallest absolute Gasteiger partial charge is 0.275 e. The predicted molar refractivity (Wildman–Crippen MR) is 94.4 cm³/mol. The van der Waals surface area contributed by atoms with Crippen LogP contribution in [0.2, 0.25) is 0 Å². The maximum atomic E-state index is 12.6.